The molecular weight excluding hydrogens is 356 g/mol. The van der Waals surface area contributed by atoms with Crippen molar-refractivity contribution >= 4 is 37.1 Å². The topological polar surface area (TPSA) is 61.8 Å². The molecule has 0 aromatic heterocycles. The second-order valence-corrected chi connectivity index (χ2v) is 21.5. The van der Waals surface area contributed by atoms with Crippen LogP contribution in [0.4, 0.5) is 0 Å². The van der Waals surface area contributed by atoms with Gasteiger partial charge in [0.15, 0.2) is 16.6 Å². The van der Waals surface area contributed by atoms with E-state index >= 15 is 0 Å². The standard InChI is InChI=1S/C16H30O5Si3/c1-11-9-12-14(16(18)19-15(12)17)13(10-11)23(5,6)21-24(7,8)20-22(2,3)4/h10,12-14H,9H2,1-8H3. The number of carbonyl (C=O) groups excluding carboxylic acids is 2. The summed E-state index contributed by atoms with van der Waals surface area (Å²) in [6.45, 7) is 16.9. The van der Waals surface area contributed by atoms with Crippen LogP contribution in [0, 0.1) is 11.8 Å². The third-order valence-electron chi connectivity index (χ3n) is 4.47. The molecule has 1 heterocycles. The molecule has 0 aromatic carbocycles. The molecule has 3 atom stereocenters. The fourth-order valence-corrected chi connectivity index (χ4v) is 18.1. The number of fused-ring (bicyclic) bond motifs is 1. The summed E-state index contributed by atoms with van der Waals surface area (Å²) in [5, 5.41) is 0. The zero-order valence-electron chi connectivity index (χ0n) is 16.1. The van der Waals surface area contributed by atoms with Gasteiger partial charge in [0.1, 0.15) is 0 Å². The molecule has 3 unspecified atom stereocenters. The van der Waals surface area contributed by atoms with Crippen LogP contribution >= 0.6 is 0 Å². The fourth-order valence-electron chi connectivity index (χ4n) is 4.08. The van der Waals surface area contributed by atoms with Crippen LogP contribution in [0.15, 0.2) is 11.6 Å². The Morgan fingerprint density at radius 3 is 2.12 bits per heavy atom. The lowest BCUT2D eigenvalue weighted by Crippen LogP contribution is -2.55. The van der Waals surface area contributed by atoms with E-state index < -0.39 is 25.2 Å². The van der Waals surface area contributed by atoms with Crippen molar-refractivity contribution in [1.82, 2.24) is 0 Å². The van der Waals surface area contributed by atoms with Crippen LogP contribution in [0.25, 0.3) is 0 Å². The average molecular weight is 387 g/mol. The van der Waals surface area contributed by atoms with Crippen molar-refractivity contribution < 1.29 is 22.6 Å². The molecule has 2 aliphatic rings. The smallest absolute Gasteiger partial charge is 0.317 e. The second-order valence-electron chi connectivity index (χ2n) is 8.94. The van der Waals surface area contributed by atoms with Crippen molar-refractivity contribution in [1.29, 1.82) is 0 Å². The molecule has 0 aromatic rings. The Labute approximate surface area is 148 Å². The highest BCUT2D eigenvalue weighted by atomic mass is 28.5. The molecule has 1 aliphatic heterocycles. The monoisotopic (exact) mass is 386 g/mol. The lowest BCUT2D eigenvalue weighted by Gasteiger charge is -2.43. The predicted octanol–water partition coefficient (Wildman–Crippen LogP) is 3.80. The van der Waals surface area contributed by atoms with Gasteiger partial charge in [-0.15, -0.1) is 0 Å². The van der Waals surface area contributed by atoms with Crippen molar-refractivity contribution in [3.63, 3.8) is 0 Å². The molecular formula is C16H30O5Si3. The summed E-state index contributed by atoms with van der Waals surface area (Å²) in [6.07, 6.45) is 2.76. The molecule has 1 fully saturated rings. The van der Waals surface area contributed by atoms with Crippen molar-refractivity contribution in [3.05, 3.63) is 11.6 Å². The number of esters is 2. The van der Waals surface area contributed by atoms with Gasteiger partial charge in [0.05, 0.1) is 11.8 Å². The van der Waals surface area contributed by atoms with Gasteiger partial charge in [-0.25, -0.2) is 0 Å². The number of cyclic esters (lactones) is 2. The molecule has 0 N–H and O–H groups in total. The van der Waals surface area contributed by atoms with Crippen molar-refractivity contribution in [3.8, 4) is 0 Å². The molecule has 0 bridgehead atoms. The second kappa shape index (κ2) is 6.31. The quantitative estimate of drug-likeness (QED) is 0.311. The third-order valence-corrected chi connectivity index (χ3v) is 15.1. The first-order chi connectivity index (χ1) is 10.7. The van der Waals surface area contributed by atoms with E-state index in [1.807, 2.05) is 6.92 Å². The van der Waals surface area contributed by atoms with Crippen molar-refractivity contribution in [2.45, 2.75) is 64.7 Å². The SMILES string of the molecule is CC1=CC([Si](C)(C)O[Si](C)(C)O[Si](C)(C)C)C2C(=O)OC(=O)C2C1. The zero-order chi connectivity index (χ0) is 18.5. The highest BCUT2D eigenvalue weighted by molar-refractivity contribution is 6.88. The number of carbonyl (C=O) groups is 2. The molecule has 24 heavy (non-hydrogen) atoms. The summed E-state index contributed by atoms with van der Waals surface area (Å²) in [5.74, 6) is -1.49. The number of allylic oxidation sites excluding steroid dienone is 2. The van der Waals surface area contributed by atoms with Gasteiger partial charge in [-0.1, -0.05) is 11.6 Å². The van der Waals surface area contributed by atoms with Gasteiger partial charge in [-0.2, -0.15) is 0 Å². The van der Waals surface area contributed by atoms with Gasteiger partial charge in [0.2, 0.25) is 0 Å². The Kier molecular flexibility index (Phi) is 5.20. The number of hydrogen-bond donors (Lipinski definition) is 0. The van der Waals surface area contributed by atoms with Crippen molar-refractivity contribution in [2.75, 3.05) is 0 Å². The van der Waals surface area contributed by atoms with Crippen LogP contribution in [0.5, 0.6) is 0 Å². The summed E-state index contributed by atoms with van der Waals surface area (Å²) in [5.41, 5.74) is 1.09. The summed E-state index contributed by atoms with van der Waals surface area (Å²) < 4.78 is 17.9. The van der Waals surface area contributed by atoms with Crippen LogP contribution < -0.4 is 0 Å². The molecule has 5 nitrogen and oxygen atoms in total. The number of rotatable bonds is 5. The van der Waals surface area contributed by atoms with Gasteiger partial charge >= 0.3 is 20.5 Å². The van der Waals surface area contributed by atoms with Gasteiger partial charge in [-0.05, 0) is 59.2 Å². The minimum atomic E-state index is -2.31. The highest BCUT2D eigenvalue weighted by Gasteiger charge is 2.56. The maximum atomic E-state index is 12.3. The maximum Gasteiger partial charge on any atom is 0.317 e. The third kappa shape index (κ3) is 4.34. The Morgan fingerprint density at radius 1 is 1.00 bits per heavy atom. The van der Waals surface area contributed by atoms with Crippen LogP contribution in [0.2, 0.25) is 51.4 Å². The van der Waals surface area contributed by atoms with E-state index in [1.54, 1.807) is 0 Å². The van der Waals surface area contributed by atoms with E-state index in [4.69, 9.17) is 13.0 Å². The highest BCUT2D eigenvalue weighted by Crippen LogP contribution is 2.48. The van der Waals surface area contributed by atoms with Gasteiger partial charge < -0.3 is 13.0 Å². The first kappa shape index (κ1) is 19.8. The van der Waals surface area contributed by atoms with E-state index in [1.165, 1.54) is 0 Å². The lowest BCUT2D eigenvalue weighted by molar-refractivity contribution is -0.153. The predicted molar refractivity (Wildman–Crippen MR) is 101 cm³/mol. The Balaban J connectivity index is 2.28. The largest absolute Gasteiger partial charge is 0.437 e. The van der Waals surface area contributed by atoms with E-state index in [0.29, 0.717) is 6.42 Å². The summed E-state index contributed by atoms with van der Waals surface area (Å²) in [4.78, 5) is 24.3. The zero-order valence-corrected chi connectivity index (χ0v) is 19.1. The summed E-state index contributed by atoms with van der Waals surface area (Å²) >= 11 is 0. The molecule has 8 heteroatoms. The van der Waals surface area contributed by atoms with E-state index in [-0.39, 0.29) is 29.3 Å². The molecule has 136 valence electrons. The minimum absolute atomic E-state index is 0.0489. The minimum Gasteiger partial charge on any atom is -0.437 e. The molecule has 0 radical (unpaired) electrons. The maximum absolute atomic E-state index is 12.3. The average Bonchev–Trinajstić information content (AvgIpc) is 2.59. The molecule has 1 aliphatic carbocycles. The molecule has 0 amide bonds. The molecule has 1 saturated heterocycles. The first-order valence-corrected chi connectivity index (χ1v) is 17.8. The molecule has 0 saturated carbocycles. The first-order valence-electron chi connectivity index (χ1n) is 8.55. The van der Waals surface area contributed by atoms with Gasteiger partial charge in [0.25, 0.3) is 0 Å². The Hall–Kier alpha value is -0.549. The van der Waals surface area contributed by atoms with Gasteiger partial charge in [0, 0.05) is 5.54 Å². The van der Waals surface area contributed by atoms with Crippen LogP contribution in [0.3, 0.4) is 0 Å². The molecule has 0 spiro atoms. The van der Waals surface area contributed by atoms with E-state index in [9.17, 15) is 9.59 Å². The van der Waals surface area contributed by atoms with Crippen LogP contribution in [-0.4, -0.2) is 37.1 Å². The van der Waals surface area contributed by atoms with Crippen LogP contribution in [0.1, 0.15) is 13.3 Å². The fraction of sp³-hybridized carbons (Fsp3) is 0.750. The normalized spacial score (nSPS) is 28.5. The van der Waals surface area contributed by atoms with Gasteiger partial charge in [-0.3, -0.25) is 9.59 Å². The summed E-state index contributed by atoms with van der Waals surface area (Å²) in [6, 6.07) is 0. The summed E-state index contributed by atoms with van der Waals surface area (Å²) in [7, 11) is -6.32. The van der Waals surface area contributed by atoms with Crippen LogP contribution in [-0.2, 0) is 22.6 Å². The number of ether oxygens (including phenoxy) is 1. The Morgan fingerprint density at radius 2 is 1.58 bits per heavy atom. The Bertz CT molecular complexity index is 577. The molecule has 2 rings (SSSR count). The number of hydrogen-bond acceptors (Lipinski definition) is 5. The van der Waals surface area contributed by atoms with E-state index in [2.05, 4.69) is 51.9 Å². The lowest BCUT2D eigenvalue weighted by atomic mass is 9.81. The van der Waals surface area contributed by atoms with Crippen molar-refractivity contribution in [2.24, 2.45) is 11.8 Å². The van der Waals surface area contributed by atoms with E-state index in [0.717, 1.165) is 5.57 Å².